The number of esters is 1. The third-order valence-corrected chi connectivity index (χ3v) is 4.89. The highest BCUT2D eigenvalue weighted by Crippen LogP contribution is 2.31. The van der Waals surface area contributed by atoms with E-state index in [1.54, 1.807) is 24.4 Å². The van der Waals surface area contributed by atoms with Gasteiger partial charge in [-0.15, -0.1) is 0 Å². The second kappa shape index (κ2) is 7.64. The summed E-state index contributed by atoms with van der Waals surface area (Å²) in [6, 6.07) is 20.1. The molecule has 3 aromatic rings. The Labute approximate surface area is 163 Å². The molecule has 2 aromatic carbocycles. The van der Waals surface area contributed by atoms with E-state index in [1.807, 2.05) is 55.5 Å². The maximum Gasteiger partial charge on any atom is 0.339 e. The van der Waals surface area contributed by atoms with E-state index < -0.39 is 0 Å². The number of nitrogens with zero attached hydrogens (tertiary/aromatic N) is 1. The Morgan fingerprint density at radius 2 is 1.89 bits per heavy atom. The van der Waals surface area contributed by atoms with Gasteiger partial charge in [0.25, 0.3) is 5.91 Å². The molecule has 0 unspecified atom stereocenters. The number of amides is 1. The number of fused-ring (bicyclic) bond motifs is 1. The van der Waals surface area contributed by atoms with Gasteiger partial charge in [0.2, 0.25) is 0 Å². The molecule has 5 nitrogen and oxygen atoms in total. The molecule has 1 amide bonds. The quantitative estimate of drug-likeness (QED) is 0.702. The van der Waals surface area contributed by atoms with Crippen molar-refractivity contribution in [2.75, 3.05) is 0 Å². The van der Waals surface area contributed by atoms with Crippen molar-refractivity contribution in [1.82, 2.24) is 10.3 Å². The number of carbonyl (C=O) groups is 2. The number of hydrogen-bond acceptors (Lipinski definition) is 4. The Morgan fingerprint density at radius 1 is 1.11 bits per heavy atom. The molecule has 140 valence electrons. The molecule has 0 bridgehead atoms. The van der Waals surface area contributed by atoms with E-state index in [9.17, 15) is 9.59 Å². The second-order valence-corrected chi connectivity index (χ2v) is 6.83. The molecule has 0 radical (unpaired) electrons. The van der Waals surface area contributed by atoms with Gasteiger partial charge < -0.3 is 10.1 Å². The van der Waals surface area contributed by atoms with Crippen LogP contribution in [0.3, 0.4) is 0 Å². The molecule has 1 aliphatic rings. The number of benzene rings is 2. The van der Waals surface area contributed by atoms with Crippen LogP contribution in [0.25, 0.3) is 0 Å². The molecule has 2 heterocycles. The third kappa shape index (κ3) is 3.64. The number of ether oxygens (including phenoxy) is 1. The number of pyridine rings is 1. The van der Waals surface area contributed by atoms with Crippen LogP contribution >= 0.6 is 0 Å². The Kier molecular flexibility index (Phi) is 4.89. The first-order valence-corrected chi connectivity index (χ1v) is 9.22. The van der Waals surface area contributed by atoms with Gasteiger partial charge in [0.15, 0.2) is 0 Å². The van der Waals surface area contributed by atoms with Gasteiger partial charge in [-0.3, -0.25) is 9.78 Å². The van der Waals surface area contributed by atoms with Crippen LogP contribution in [0, 0.1) is 0 Å². The second-order valence-electron chi connectivity index (χ2n) is 6.83. The molecular formula is C23H20N2O3. The maximum absolute atomic E-state index is 12.7. The normalized spacial score (nSPS) is 16.6. The standard InChI is InChI=1S/C23H20N2O3/c1-15(20-9-5-6-12-24-20)25-22(26)17-10-11-19-18(13-17)14-21(28-23(19)27)16-7-3-2-4-8-16/h2-13,15,21H,14H2,1H3,(H,25,26)/t15-,21+/m0/s1. The predicted octanol–water partition coefficient (Wildman–Crippen LogP) is 4.03. The Bertz CT molecular complexity index is 1000. The van der Waals surface area contributed by atoms with Crippen molar-refractivity contribution in [1.29, 1.82) is 0 Å². The zero-order chi connectivity index (χ0) is 19.5. The van der Waals surface area contributed by atoms with E-state index in [4.69, 9.17) is 4.74 Å². The number of rotatable bonds is 4. The van der Waals surface area contributed by atoms with E-state index in [0.717, 1.165) is 16.8 Å². The maximum atomic E-state index is 12.7. The average Bonchev–Trinajstić information content (AvgIpc) is 2.74. The van der Waals surface area contributed by atoms with E-state index in [1.165, 1.54) is 0 Å². The number of nitrogens with one attached hydrogen (secondary N) is 1. The van der Waals surface area contributed by atoms with Gasteiger partial charge in [0.05, 0.1) is 17.3 Å². The van der Waals surface area contributed by atoms with E-state index in [2.05, 4.69) is 10.3 Å². The lowest BCUT2D eigenvalue weighted by molar-refractivity contribution is 0.0252. The van der Waals surface area contributed by atoms with Gasteiger partial charge in [0.1, 0.15) is 6.10 Å². The number of carbonyl (C=O) groups excluding carboxylic acids is 2. The molecule has 5 heteroatoms. The summed E-state index contributed by atoms with van der Waals surface area (Å²) in [5, 5.41) is 2.96. The summed E-state index contributed by atoms with van der Waals surface area (Å²) in [6.07, 6.45) is 1.90. The van der Waals surface area contributed by atoms with Crippen molar-refractivity contribution in [3.8, 4) is 0 Å². The summed E-state index contributed by atoms with van der Waals surface area (Å²) in [6.45, 7) is 1.89. The molecule has 0 saturated carbocycles. The predicted molar refractivity (Wildman–Crippen MR) is 105 cm³/mol. The molecule has 1 N–H and O–H groups in total. The van der Waals surface area contributed by atoms with Crippen molar-refractivity contribution in [3.05, 3.63) is 101 Å². The summed E-state index contributed by atoms with van der Waals surface area (Å²) >= 11 is 0. The number of hydrogen-bond donors (Lipinski definition) is 1. The summed E-state index contributed by atoms with van der Waals surface area (Å²) in [7, 11) is 0. The fourth-order valence-corrected chi connectivity index (χ4v) is 3.38. The minimum Gasteiger partial charge on any atom is -0.454 e. The fourth-order valence-electron chi connectivity index (χ4n) is 3.38. The highest BCUT2D eigenvalue weighted by molar-refractivity contribution is 5.98. The SMILES string of the molecule is C[C@H](NC(=O)c1ccc2c(c1)C[C@H](c1ccccc1)OC2=O)c1ccccn1. The lowest BCUT2D eigenvalue weighted by atomic mass is 9.93. The summed E-state index contributed by atoms with van der Waals surface area (Å²) in [5.41, 5.74) is 3.59. The monoisotopic (exact) mass is 372 g/mol. The van der Waals surface area contributed by atoms with Crippen molar-refractivity contribution in [3.63, 3.8) is 0 Å². The van der Waals surface area contributed by atoms with E-state index >= 15 is 0 Å². The van der Waals surface area contributed by atoms with Crippen molar-refractivity contribution in [2.24, 2.45) is 0 Å². The van der Waals surface area contributed by atoms with Crippen LogP contribution in [0.1, 0.15) is 56.6 Å². The minimum absolute atomic E-state index is 0.198. The third-order valence-electron chi connectivity index (χ3n) is 4.89. The van der Waals surface area contributed by atoms with Crippen molar-refractivity contribution < 1.29 is 14.3 Å². The van der Waals surface area contributed by atoms with Crippen LogP contribution in [0.15, 0.2) is 72.9 Å². The fraction of sp³-hybridized carbons (Fsp3) is 0.174. The lowest BCUT2D eigenvalue weighted by Gasteiger charge is -2.25. The molecule has 4 rings (SSSR count). The Morgan fingerprint density at radius 3 is 2.64 bits per heavy atom. The number of aromatic nitrogens is 1. The Hall–Kier alpha value is -3.47. The average molecular weight is 372 g/mol. The zero-order valence-corrected chi connectivity index (χ0v) is 15.5. The molecule has 1 aromatic heterocycles. The summed E-state index contributed by atoms with van der Waals surface area (Å²) in [4.78, 5) is 29.3. The first kappa shape index (κ1) is 17.9. The van der Waals surface area contributed by atoms with E-state index in [-0.39, 0.29) is 24.0 Å². The molecule has 1 aliphatic heterocycles. The smallest absolute Gasteiger partial charge is 0.339 e. The molecule has 28 heavy (non-hydrogen) atoms. The van der Waals surface area contributed by atoms with Crippen molar-refractivity contribution in [2.45, 2.75) is 25.5 Å². The van der Waals surface area contributed by atoms with Crippen LogP contribution in [0.4, 0.5) is 0 Å². The van der Waals surface area contributed by atoms with Crippen LogP contribution in [-0.2, 0) is 11.2 Å². The van der Waals surface area contributed by atoms with E-state index in [0.29, 0.717) is 17.5 Å². The topological polar surface area (TPSA) is 68.3 Å². The summed E-state index contributed by atoms with van der Waals surface area (Å²) in [5.74, 6) is -0.555. The van der Waals surface area contributed by atoms with Gasteiger partial charge in [-0.05, 0) is 48.4 Å². The Balaban J connectivity index is 1.55. The van der Waals surface area contributed by atoms with Gasteiger partial charge in [-0.2, -0.15) is 0 Å². The van der Waals surface area contributed by atoms with Crippen LogP contribution in [0.2, 0.25) is 0 Å². The minimum atomic E-state index is -0.357. The van der Waals surface area contributed by atoms with Gasteiger partial charge in [-0.1, -0.05) is 36.4 Å². The molecule has 0 aliphatic carbocycles. The van der Waals surface area contributed by atoms with Gasteiger partial charge >= 0.3 is 5.97 Å². The zero-order valence-electron chi connectivity index (χ0n) is 15.5. The van der Waals surface area contributed by atoms with Crippen LogP contribution in [0.5, 0.6) is 0 Å². The molecule has 0 saturated heterocycles. The van der Waals surface area contributed by atoms with Crippen LogP contribution in [-0.4, -0.2) is 16.9 Å². The molecular weight excluding hydrogens is 352 g/mol. The van der Waals surface area contributed by atoms with Gasteiger partial charge in [-0.25, -0.2) is 4.79 Å². The van der Waals surface area contributed by atoms with Gasteiger partial charge in [0, 0.05) is 18.2 Å². The largest absolute Gasteiger partial charge is 0.454 e. The van der Waals surface area contributed by atoms with Crippen molar-refractivity contribution >= 4 is 11.9 Å². The first-order valence-electron chi connectivity index (χ1n) is 9.22. The summed E-state index contributed by atoms with van der Waals surface area (Å²) < 4.78 is 5.57. The highest BCUT2D eigenvalue weighted by Gasteiger charge is 2.28. The van der Waals surface area contributed by atoms with Crippen LogP contribution < -0.4 is 5.32 Å². The molecule has 0 spiro atoms. The molecule has 2 atom stereocenters. The highest BCUT2D eigenvalue weighted by atomic mass is 16.5. The number of cyclic esters (lactones) is 1. The lowest BCUT2D eigenvalue weighted by Crippen LogP contribution is -2.28. The molecule has 0 fully saturated rings. The first-order chi connectivity index (χ1) is 13.6.